The quantitative estimate of drug-likeness (QED) is 0.353. The number of aromatic amines is 1. The van der Waals surface area contributed by atoms with E-state index in [4.69, 9.17) is 5.10 Å². The number of hydrogen-bond acceptors (Lipinski definition) is 6. The molecule has 1 saturated heterocycles. The Kier molecular flexibility index (Phi) is 5.74. The molecule has 178 valence electrons. The van der Waals surface area contributed by atoms with Crippen LogP contribution in [0.25, 0.3) is 33.0 Å². The lowest BCUT2D eigenvalue weighted by Crippen LogP contribution is -2.44. The lowest BCUT2D eigenvalue weighted by Gasteiger charge is -2.33. The molecule has 6 rings (SSSR count). The summed E-state index contributed by atoms with van der Waals surface area (Å²) in [6, 6.07) is 13.3. The van der Waals surface area contributed by atoms with Crippen molar-refractivity contribution >= 4 is 23.4 Å². The highest BCUT2D eigenvalue weighted by Gasteiger charge is 2.28. The molecule has 1 aromatic carbocycles. The van der Waals surface area contributed by atoms with Gasteiger partial charge in [0.05, 0.1) is 11.4 Å². The van der Waals surface area contributed by atoms with Crippen LogP contribution in [0.5, 0.6) is 0 Å². The first kappa shape index (κ1) is 22.2. The van der Waals surface area contributed by atoms with Gasteiger partial charge in [0.25, 0.3) is 0 Å². The maximum absolute atomic E-state index is 4.75. The van der Waals surface area contributed by atoms with E-state index in [1.807, 2.05) is 30.8 Å². The fraction of sp³-hybridized carbons (Fsp3) is 0.321. The molecule has 1 fully saturated rings. The maximum atomic E-state index is 4.75. The molecule has 0 saturated carbocycles. The van der Waals surface area contributed by atoms with E-state index in [2.05, 4.69) is 75.2 Å². The number of pyridine rings is 1. The Morgan fingerprint density at radius 1 is 1.09 bits per heavy atom. The third kappa shape index (κ3) is 3.98. The Morgan fingerprint density at radius 2 is 1.94 bits per heavy atom. The number of fused-ring (bicyclic) bond motifs is 3. The van der Waals surface area contributed by atoms with Gasteiger partial charge in [-0.2, -0.15) is 5.10 Å². The summed E-state index contributed by atoms with van der Waals surface area (Å²) in [5, 5.41) is 8.10. The molecule has 4 aromatic rings. The number of likely N-dealkylation sites (N-methyl/N-ethyl adjacent to an activating group) is 1. The van der Waals surface area contributed by atoms with Gasteiger partial charge in [-0.25, -0.2) is 4.98 Å². The van der Waals surface area contributed by atoms with Crippen molar-refractivity contribution in [3.63, 3.8) is 0 Å². The molecule has 0 unspecified atom stereocenters. The zero-order chi connectivity index (χ0) is 23.9. The monoisotopic (exact) mass is 482 g/mol. The van der Waals surface area contributed by atoms with Gasteiger partial charge in [-0.05, 0) is 54.4 Å². The van der Waals surface area contributed by atoms with Crippen molar-refractivity contribution in [3.05, 3.63) is 64.2 Å². The molecule has 0 atom stereocenters. The SMILES string of the molecule is CCc1cc(-c2n[nH]c3c2Cc2sc(-c4ccnc(N5CCN(C)CC5)c4)cc2-3)ccc1C=NC. The van der Waals surface area contributed by atoms with Crippen molar-refractivity contribution in [2.24, 2.45) is 4.99 Å². The van der Waals surface area contributed by atoms with E-state index in [1.165, 1.54) is 48.8 Å². The van der Waals surface area contributed by atoms with E-state index < -0.39 is 0 Å². The third-order valence-corrected chi connectivity index (χ3v) is 8.39. The summed E-state index contributed by atoms with van der Waals surface area (Å²) in [5.41, 5.74) is 9.75. The number of aromatic nitrogens is 3. The Morgan fingerprint density at radius 3 is 2.74 bits per heavy atom. The summed E-state index contributed by atoms with van der Waals surface area (Å²) in [4.78, 5) is 16.3. The van der Waals surface area contributed by atoms with E-state index >= 15 is 0 Å². The number of anilines is 1. The van der Waals surface area contributed by atoms with Crippen molar-refractivity contribution in [2.45, 2.75) is 19.8 Å². The van der Waals surface area contributed by atoms with Crippen LogP contribution >= 0.6 is 11.3 Å². The van der Waals surface area contributed by atoms with Gasteiger partial charge in [-0.15, -0.1) is 11.3 Å². The molecule has 7 heteroatoms. The fourth-order valence-electron chi connectivity index (χ4n) is 5.18. The Bertz CT molecular complexity index is 1410. The zero-order valence-corrected chi connectivity index (χ0v) is 21.3. The number of hydrogen-bond donors (Lipinski definition) is 1. The highest BCUT2D eigenvalue weighted by atomic mass is 32.1. The maximum Gasteiger partial charge on any atom is 0.129 e. The van der Waals surface area contributed by atoms with E-state index in [-0.39, 0.29) is 0 Å². The molecule has 3 aromatic heterocycles. The Hall–Kier alpha value is -3.29. The van der Waals surface area contributed by atoms with Crippen LogP contribution in [0.4, 0.5) is 5.82 Å². The lowest BCUT2D eigenvalue weighted by atomic mass is 9.98. The number of aryl methyl sites for hydroxylation is 1. The minimum atomic E-state index is 0.928. The molecule has 1 N–H and O–H groups in total. The summed E-state index contributed by atoms with van der Waals surface area (Å²) >= 11 is 1.89. The smallest absolute Gasteiger partial charge is 0.129 e. The molecule has 1 aliphatic heterocycles. The molecule has 4 heterocycles. The normalized spacial score (nSPS) is 15.7. The molecular weight excluding hydrogens is 452 g/mol. The average Bonchev–Trinajstić information content (AvgIpc) is 3.57. The lowest BCUT2D eigenvalue weighted by molar-refractivity contribution is 0.312. The third-order valence-electron chi connectivity index (χ3n) is 7.21. The van der Waals surface area contributed by atoms with Gasteiger partial charge in [0, 0.05) is 78.5 Å². The van der Waals surface area contributed by atoms with Crippen LogP contribution in [0.3, 0.4) is 0 Å². The van der Waals surface area contributed by atoms with E-state index in [0.717, 1.165) is 50.5 Å². The Balaban J connectivity index is 1.29. The van der Waals surface area contributed by atoms with Crippen molar-refractivity contribution < 1.29 is 0 Å². The molecule has 35 heavy (non-hydrogen) atoms. The number of rotatable bonds is 5. The molecule has 1 aliphatic carbocycles. The molecule has 6 nitrogen and oxygen atoms in total. The number of H-pyrrole nitrogens is 1. The van der Waals surface area contributed by atoms with Crippen molar-refractivity contribution in [3.8, 4) is 33.0 Å². The summed E-state index contributed by atoms with van der Waals surface area (Å²) < 4.78 is 0. The second kappa shape index (κ2) is 9.06. The predicted molar refractivity (Wildman–Crippen MR) is 146 cm³/mol. The van der Waals surface area contributed by atoms with Crippen molar-refractivity contribution in [1.82, 2.24) is 20.1 Å². The molecule has 0 amide bonds. The van der Waals surface area contributed by atoms with Gasteiger partial charge in [0.2, 0.25) is 0 Å². The fourth-order valence-corrected chi connectivity index (χ4v) is 6.35. The minimum Gasteiger partial charge on any atom is -0.354 e. The van der Waals surface area contributed by atoms with Crippen LogP contribution in [0, 0.1) is 0 Å². The Labute approximate surface area is 210 Å². The first-order chi connectivity index (χ1) is 17.1. The summed E-state index contributed by atoms with van der Waals surface area (Å²) in [6.07, 6.45) is 5.79. The summed E-state index contributed by atoms with van der Waals surface area (Å²) in [5.74, 6) is 1.08. The number of benzene rings is 1. The second-order valence-electron chi connectivity index (χ2n) is 9.40. The molecule has 0 radical (unpaired) electrons. The number of piperazine rings is 1. The topological polar surface area (TPSA) is 60.4 Å². The first-order valence-electron chi connectivity index (χ1n) is 12.3. The second-order valence-corrected chi connectivity index (χ2v) is 10.5. The molecule has 0 spiro atoms. The number of nitrogens with zero attached hydrogens (tertiary/aromatic N) is 5. The predicted octanol–water partition coefficient (Wildman–Crippen LogP) is 5.13. The van der Waals surface area contributed by atoms with E-state index in [1.54, 1.807) is 0 Å². The van der Waals surface area contributed by atoms with E-state index in [0.29, 0.717) is 0 Å². The largest absolute Gasteiger partial charge is 0.354 e. The van der Waals surface area contributed by atoms with Gasteiger partial charge in [-0.3, -0.25) is 10.1 Å². The van der Waals surface area contributed by atoms with Crippen molar-refractivity contribution in [2.75, 3.05) is 45.2 Å². The first-order valence-corrected chi connectivity index (χ1v) is 13.1. The van der Waals surface area contributed by atoms with Crippen LogP contribution in [0.1, 0.15) is 28.5 Å². The molecule has 2 aliphatic rings. The number of thiophene rings is 1. The molecule has 0 bridgehead atoms. The van der Waals surface area contributed by atoms with Gasteiger partial charge < -0.3 is 9.80 Å². The summed E-state index contributed by atoms with van der Waals surface area (Å²) in [6.45, 7) is 6.41. The van der Waals surface area contributed by atoms with Gasteiger partial charge >= 0.3 is 0 Å². The van der Waals surface area contributed by atoms with Gasteiger partial charge in [-0.1, -0.05) is 19.1 Å². The molecular formula is C28H30N6S. The average molecular weight is 483 g/mol. The van der Waals surface area contributed by atoms with Crippen LogP contribution in [-0.2, 0) is 12.8 Å². The number of nitrogens with one attached hydrogen (secondary N) is 1. The highest BCUT2D eigenvalue weighted by molar-refractivity contribution is 7.16. The minimum absolute atomic E-state index is 0.928. The standard InChI is InChI=1S/C28H30N6S/c1-4-18-13-20(5-6-21(18)17-29-2)27-23-16-25-22(28(23)32-31-27)15-24(35-25)19-7-8-30-26(14-19)34-11-9-33(3)10-12-34/h5-8,13-15,17H,4,9-12,16H2,1-3H3,(H,31,32). The van der Waals surface area contributed by atoms with Gasteiger partial charge in [0.15, 0.2) is 0 Å². The van der Waals surface area contributed by atoms with Crippen LogP contribution in [0.2, 0.25) is 0 Å². The van der Waals surface area contributed by atoms with Crippen LogP contribution in [0.15, 0.2) is 47.6 Å². The zero-order valence-electron chi connectivity index (χ0n) is 20.5. The van der Waals surface area contributed by atoms with Crippen LogP contribution in [-0.4, -0.2) is 66.6 Å². The highest BCUT2D eigenvalue weighted by Crippen LogP contribution is 2.46. The van der Waals surface area contributed by atoms with E-state index in [9.17, 15) is 0 Å². The number of aliphatic imine (C=N–C) groups is 1. The van der Waals surface area contributed by atoms with Crippen LogP contribution < -0.4 is 4.90 Å². The van der Waals surface area contributed by atoms with Crippen molar-refractivity contribution in [1.29, 1.82) is 0 Å². The van der Waals surface area contributed by atoms with Gasteiger partial charge in [0.1, 0.15) is 5.82 Å². The summed E-state index contributed by atoms with van der Waals surface area (Å²) in [7, 11) is 4.00.